The number of fused-ring (bicyclic) bond motifs is 1. The molecule has 2 saturated heterocycles. The number of aliphatic hydroxyl groups is 1. The zero-order valence-corrected chi connectivity index (χ0v) is 14.9. The minimum Gasteiger partial charge on any atom is -0.391 e. The molecule has 0 spiro atoms. The van der Waals surface area contributed by atoms with E-state index >= 15 is 0 Å². The lowest BCUT2D eigenvalue weighted by Crippen LogP contribution is -2.53. The average Bonchev–Trinajstić information content (AvgIpc) is 3.20. The smallest absolute Gasteiger partial charge is 0.244 e. The van der Waals surface area contributed by atoms with Crippen molar-refractivity contribution in [3.63, 3.8) is 0 Å². The Labute approximate surface area is 148 Å². The molecular formula is C18H28N4O3. The van der Waals surface area contributed by atoms with E-state index in [1.165, 1.54) is 0 Å². The van der Waals surface area contributed by atoms with Crippen LogP contribution in [0.3, 0.4) is 0 Å². The summed E-state index contributed by atoms with van der Waals surface area (Å²) in [4.78, 5) is 17.0. The first-order valence-electron chi connectivity index (χ1n) is 9.38. The molecule has 0 aromatic carbocycles. The second kappa shape index (κ2) is 7.05. The number of aromatic nitrogens is 2. The van der Waals surface area contributed by atoms with Crippen LogP contribution in [0.25, 0.3) is 0 Å². The molecule has 3 heterocycles. The third-order valence-corrected chi connectivity index (χ3v) is 6.05. The quantitative estimate of drug-likeness (QED) is 0.840. The third kappa shape index (κ3) is 3.59. The molecular weight excluding hydrogens is 320 g/mol. The van der Waals surface area contributed by atoms with Gasteiger partial charge >= 0.3 is 0 Å². The van der Waals surface area contributed by atoms with Gasteiger partial charge in [-0.25, -0.2) is 0 Å². The summed E-state index contributed by atoms with van der Waals surface area (Å²) in [5.74, 6) is 1.06. The Morgan fingerprint density at radius 1 is 1.28 bits per heavy atom. The molecule has 1 saturated carbocycles. The van der Waals surface area contributed by atoms with E-state index < -0.39 is 0 Å². The van der Waals surface area contributed by atoms with Crippen molar-refractivity contribution >= 4 is 5.91 Å². The minimum absolute atomic E-state index is 0.134. The summed E-state index contributed by atoms with van der Waals surface area (Å²) in [7, 11) is 0. The van der Waals surface area contributed by atoms with Gasteiger partial charge in [-0.2, -0.15) is 5.10 Å². The van der Waals surface area contributed by atoms with Crippen LogP contribution in [0.1, 0.15) is 18.5 Å². The van der Waals surface area contributed by atoms with Crippen LogP contribution >= 0.6 is 0 Å². The van der Waals surface area contributed by atoms with Crippen LogP contribution in [-0.4, -0.2) is 82.1 Å². The van der Waals surface area contributed by atoms with E-state index in [1.807, 2.05) is 24.1 Å². The number of nitrogens with zero attached hydrogens (tertiary/aromatic N) is 4. The highest BCUT2D eigenvalue weighted by Gasteiger charge is 2.44. The Morgan fingerprint density at radius 3 is 2.68 bits per heavy atom. The predicted octanol–water partition coefficient (Wildman–Crippen LogP) is 0.122. The highest BCUT2D eigenvalue weighted by atomic mass is 16.5. The summed E-state index contributed by atoms with van der Waals surface area (Å²) in [5, 5.41) is 14.9. The standard InChI is InChI=1S/C18H28N4O3/c1-13-2-3-22(19-13)12-18(24)21-10-14-8-16(17(23)9-15(14)11-21)20-4-6-25-7-5-20/h2-3,14-17,23H,4-12H2,1H3/t14-,15+,16-,17-/m1/s1. The number of ether oxygens (including phenoxy) is 1. The fraction of sp³-hybridized carbons (Fsp3) is 0.778. The van der Waals surface area contributed by atoms with Crippen LogP contribution in [0.2, 0.25) is 0 Å². The summed E-state index contributed by atoms with van der Waals surface area (Å²) >= 11 is 0. The van der Waals surface area contributed by atoms with Crippen molar-refractivity contribution in [1.82, 2.24) is 19.6 Å². The summed E-state index contributed by atoms with van der Waals surface area (Å²) in [6, 6.07) is 2.13. The summed E-state index contributed by atoms with van der Waals surface area (Å²) in [6.07, 6.45) is 3.35. The second-order valence-corrected chi connectivity index (χ2v) is 7.73. The van der Waals surface area contributed by atoms with E-state index in [9.17, 15) is 9.90 Å². The van der Waals surface area contributed by atoms with Gasteiger partial charge in [0, 0.05) is 38.4 Å². The number of hydrogen-bond donors (Lipinski definition) is 1. The molecule has 4 atom stereocenters. The molecule has 4 rings (SSSR count). The second-order valence-electron chi connectivity index (χ2n) is 7.73. The molecule has 1 aromatic heterocycles. The highest BCUT2D eigenvalue weighted by molar-refractivity contribution is 5.76. The Bertz CT molecular complexity index is 613. The number of morpholine rings is 1. The van der Waals surface area contributed by atoms with Crippen LogP contribution in [-0.2, 0) is 16.1 Å². The van der Waals surface area contributed by atoms with Crippen molar-refractivity contribution in [2.75, 3.05) is 39.4 Å². The highest BCUT2D eigenvalue weighted by Crippen LogP contribution is 2.38. The maximum atomic E-state index is 12.6. The van der Waals surface area contributed by atoms with E-state index in [1.54, 1.807) is 4.68 Å². The molecule has 138 valence electrons. The number of likely N-dealkylation sites (tertiary alicyclic amines) is 1. The lowest BCUT2D eigenvalue weighted by Gasteiger charge is -2.43. The molecule has 1 aromatic rings. The van der Waals surface area contributed by atoms with Gasteiger partial charge in [-0.1, -0.05) is 0 Å². The molecule has 7 nitrogen and oxygen atoms in total. The van der Waals surface area contributed by atoms with E-state index in [4.69, 9.17) is 4.74 Å². The van der Waals surface area contributed by atoms with E-state index in [0.717, 1.165) is 57.9 Å². The molecule has 2 aliphatic heterocycles. The SMILES string of the molecule is Cc1ccn(CC(=O)N2C[C@H]3C[C@@H](N4CCOCC4)[C@H](O)C[C@H]3C2)n1. The lowest BCUT2D eigenvalue weighted by atomic mass is 9.77. The van der Waals surface area contributed by atoms with Crippen LogP contribution in [0.15, 0.2) is 12.3 Å². The topological polar surface area (TPSA) is 70.8 Å². The van der Waals surface area contributed by atoms with Crippen LogP contribution in [0.4, 0.5) is 0 Å². The zero-order chi connectivity index (χ0) is 17.4. The molecule has 0 radical (unpaired) electrons. The minimum atomic E-state index is -0.289. The summed E-state index contributed by atoms with van der Waals surface area (Å²) < 4.78 is 7.15. The lowest BCUT2D eigenvalue weighted by molar-refractivity contribution is -0.131. The molecule has 3 aliphatic rings. The van der Waals surface area contributed by atoms with Crippen molar-refractivity contribution in [3.8, 4) is 0 Å². The first-order chi connectivity index (χ1) is 12.1. The number of carbonyl (C=O) groups is 1. The van der Waals surface area contributed by atoms with Crippen molar-refractivity contribution in [2.45, 2.75) is 38.5 Å². The normalized spacial score (nSPS) is 33.4. The molecule has 0 unspecified atom stereocenters. The van der Waals surface area contributed by atoms with Gasteiger partial charge in [-0.05, 0) is 37.7 Å². The average molecular weight is 348 g/mol. The Balaban J connectivity index is 1.36. The van der Waals surface area contributed by atoms with Crippen LogP contribution in [0.5, 0.6) is 0 Å². The maximum Gasteiger partial charge on any atom is 0.244 e. The Hall–Kier alpha value is -1.44. The fourth-order valence-electron chi connectivity index (χ4n) is 4.70. The van der Waals surface area contributed by atoms with Crippen molar-refractivity contribution in [3.05, 3.63) is 18.0 Å². The number of amides is 1. The van der Waals surface area contributed by atoms with E-state index in [2.05, 4.69) is 10.00 Å². The first kappa shape index (κ1) is 17.0. The zero-order valence-electron chi connectivity index (χ0n) is 14.9. The van der Waals surface area contributed by atoms with Gasteiger partial charge in [0.1, 0.15) is 6.54 Å². The van der Waals surface area contributed by atoms with Crippen molar-refractivity contribution in [2.24, 2.45) is 11.8 Å². The number of carbonyl (C=O) groups excluding carboxylic acids is 1. The van der Waals surface area contributed by atoms with Crippen molar-refractivity contribution in [1.29, 1.82) is 0 Å². The maximum absolute atomic E-state index is 12.6. The fourth-order valence-corrected chi connectivity index (χ4v) is 4.70. The number of aliphatic hydroxyl groups excluding tert-OH is 1. The first-order valence-corrected chi connectivity index (χ1v) is 9.38. The van der Waals surface area contributed by atoms with Gasteiger partial charge in [0.25, 0.3) is 0 Å². The monoisotopic (exact) mass is 348 g/mol. The number of hydrogen-bond acceptors (Lipinski definition) is 5. The molecule has 1 aliphatic carbocycles. The van der Waals surface area contributed by atoms with E-state index in [0.29, 0.717) is 18.4 Å². The van der Waals surface area contributed by atoms with Gasteiger partial charge in [0.05, 0.1) is 25.0 Å². The summed E-state index contributed by atoms with van der Waals surface area (Å²) in [5.41, 5.74) is 0.930. The molecule has 3 fully saturated rings. The van der Waals surface area contributed by atoms with Crippen LogP contribution in [0, 0.1) is 18.8 Å². The van der Waals surface area contributed by atoms with Crippen molar-refractivity contribution < 1.29 is 14.6 Å². The largest absolute Gasteiger partial charge is 0.391 e. The molecule has 1 amide bonds. The molecule has 0 bridgehead atoms. The van der Waals surface area contributed by atoms with Gasteiger partial charge in [0.2, 0.25) is 5.91 Å². The molecule has 7 heteroatoms. The van der Waals surface area contributed by atoms with Gasteiger partial charge < -0.3 is 14.7 Å². The third-order valence-electron chi connectivity index (χ3n) is 6.05. The number of aryl methyl sites for hydroxylation is 1. The molecule has 1 N–H and O–H groups in total. The Morgan fingerprint density at radius 2 is 2.00 bits per heavy atom. The number of rotatable bonds is 3. The van der Waals surface area contributed by atoms with Gasteiger partial charge in [-0.15, -0.1) is 0 Å². The molecule has 25 heavy (non-hydrogen) atoms. The van der Waals surface area contributed by atoms with Crippen LogP contribution < -0.4 is 0 Å². The predicted molar refractivity (Wildman–Crippen MR) is 91.9 cm³/mol. The van der Waals surface area contributed by atoms with Gasteiger partial charge in [-0.3, -0.25) is 14.4 Å². The van der Waals surface area contributed by atoms with E-state index in [-0.39, 0.29) is 18.1 Å². The Kier molecular flexibility index (Phi) is 4.80. The summed E-state index contributed by atoms with van der Waals surface area (Å²) in [6.45, 7) is 7.15. The van der Waals surface area contributed by atoms with Gasteiger partial charge in [0.15, 0.2) is 0 Å².